The van der Waals surface area contributed by atoms with Gasteiger partial charge in [-0.3, -0.25) is 9.05 Å². The first-order valence-corrected chi connectivity index (χ1v) is 6.93. The molecule has 0 saturated heterocycles. The molecule has 0 unspecified atom stereocenters. The maximum Gasteiger partial charge on any atom is 0.529 e. The summed E-state index contributed by atoms with van der Waals surface area (Å²) in [6, 6.07) is 0. The van der Waals surface area contributed by atoms with Crippen molar-refractivity contribution in [2.24, 2.45) is 0 Å². The van der Waals surface area contributed by atoms with Crippen LogP contribution in [0.3, 0.4) is 0 Å². The Bertz CT molecular complexity index is 307. The molecule has 0 aliphatic heterocycles. The molecular weight excluding hydrogens is 271 g/mol. The molecule has 0 aliphatic carbocycles. The van der Waals surface area contributed by atoms with Gasteiger partial charge in [-0.25, -0.2) is 9.36 Å². The van der Waals surface area contributed by atoms with E-state index in [9.17, 15) is 9.36 Å². The van der Waals surface area contributed by atoms with Crippen molar-refractivity contribution in [3.63, 3.8) is 0 Å². The van der Waals surface area contributed by atoms with Crippen molar-refractivity contribution >= 4 is 25.4 Å². The number of halogens is 1. The minimum atomic E-state index is -3.70. The van der Waals surface area contributed by atoms with Gasteiger partial charge in [0.25, 0.3) is 0 Å². The van der Waals surface area contributed by atoms with Crippen molar-refractivity contribution in [1.82, 2.24) is 0 Å². The summed E-state index contributed by atoms with van der Waals surface area (Å²) in [7, 11) is -3.70. The number of ether oxygens (including phenoxy) is 1. The van der Waals surface area contributed by atoms with Crippen LogP contribution in [-0.4, -0.2) is 25.8 Å². The number of phosphoric acid groups is 1. The van der Waals surface area contributed by atoms with Gasteiger partial charge in [-0.15, -0.1) is 0 Å². The average Bonchev–Trinajstić information content (AvgIpc) is 2.27. The van der Waals surface area contributed by atoms with Crippen LogP contribution in [0.25, 0.3) is 0 Å². The highest BCUT2D eigenvalue weighted by Gasteiger charge is 2.26. The van der Waals surface area contributed by atoms with Crippen molar-refractivity contribution in [1.29, 1.82) is 0 Å². The van der Waals surface area contributed by atoms with Crippen molar-refractivity contribution in [2.45, 2.75) is 20.8 Å². The lowest BCUT2D eigenvalue weighted by molar-refractivity contribution is -0.137. The van der Waals surface area contributed by atoms with Gasteiger partial charge in [0.15, 0.2) is 5.03 Å². The summed E-state index contributed by atoms with van der Waals surface area (Å²) < 4.78 is 30.8. The van der Waals surface area contributed by atoms with Crippen LogP contribution in [0.5, 0.6) is 0 Å². The Labute approximate surface area is 105 Å². The van der Waals surface area contributed by atoms with Crippen LogP contribution in [0.15, 0.2) is 11.3 Å². The van der Waals surface area contributed by atoms with E-state index >= 15 is 0 Å². The summed E-state index contributed by atoms with van der Waals surface area (Å²) in [5.74, 6) is -0.770. The molecule has 0 N–H and O–H groups in total. The minimum absolute atomic E-state index is 0.141. The minimum Gasteiger partial charge on any atom is -0.462 e. The highest BCUT2D eigenvalue weighted by molar-refractivity contribution is 7.48. The zero-order valence-corrected chi connectivity index (χ0v) is 11.6. The predicted molar refractivity (Wildman–Crippen MR) is 62.5 cm³/mol. The van der Waals surface area contributed by atoms with E-state index in [1.54, 1.807) is 20.8 Å². The molecule has 0 bridgehead atoms. The van der Waals surface area contributed by atoms with Crippen LogP contribution in [0.1, 0.15) is 20.8 Å². The molecule has 0 rings (SSSR count). The third-order valence-electron chi connectivity index (χ3n) is 1.33. The van der Waals surface area contributed by atoms with Gasteiger partial charge in [-0.2, -0.15) is 0 Å². The van der Waals surface area contributed by atoms with E-state index in [2.05, 4.69) is 4.74 Å². The van der Waals surface area contributed by atoms with Crippen LogP contribution in [-0.2, 0) is 27.7 Å². The summed E-state index contributed by atoms with van der Waals surface area (Å²) in [4.78, 5) is 11.1. The van der Waals surface area contributed by atoms with Crippen LogP contribution < -0.4 is 0 Å². The summed E-state index contributed by atoms with van der Waals surface area (Å²) in [6.45, 7) is 5.35. The summed E-state index contributed by atoms with van der Waals surface area (Å²) in [6.07, 6.45) is 0.797. The Morgan fingerprint density at radius 3 is 2.12 bits per heavy atom. The molecule has 0 heterocycles. The second-order valence-electron chi connectivity index (χ2n) is 2.57. The first kappa shape index (κ1) is 16.4. The van der Waals surface area contributed by atoms with E-state index in [0.717, 1.165) is 6.26 Å². The standard InChI is InChI=1S/C9H16ClO6P/c1-4-13-9(11)8(10)7-16-17(12,14-5-2)15-6-3/h7H,4-6H2,1-3H3. The number of hydrogen-bond acceptors (Lipinski definition) is 6. The number of carbonyl (C=O) groups is 1. The molecule has 8 heteroatoms. The van der Waals surface area contributed by atoms with Gasteiger partial charge in [-0.1, -0.05) is 11.6 Å². The zero-order chi connectivity index (χ0) is 13.3. The number of esters is 1. The van der Waals surface area contributed by atoms with E-state index in [1.165, 1.54) is 0 Å². The van der Waals surface area contributed by atoms with Gasteiger partial charge in [0.05, 0.1) is 19.8 Å². The molecule has 0 spiro atoms. The van der Waals surface area contributed by atoms with E-state index in [0.29, 0.717) is 0 Å². The number of carbonyl (C=O) groups excluding carboxylic acids is 1. The van der Waals surface area contributed by atoms with E-state index in [-0.39, 0.29) is 24.9 Å². The SMILES string of the molecule is CCOC(=O)C(Cl)=COP(=O)(OCC)OCC. The number of hydrogen-bond donors (Lipinski definition) is 0. The smallest absolute Gasteiger partial charge is 0.462 e. The first-order valence-electron chi connectivity index (χ1n) is 5.09. The largest absolute Gasteiger partial charge is 0.529 e. The lowest BCUT2D eigenvalue weighted by atomic mass is 10.6. The Kier molecular flexibility index (Phi) is 8.25. The van der Waals surface area contributed by atoms with Crippen molar-refractivity contribution in [2.75, 3.05) is 19.8 Å². The van der Waals surface area contributed by atoms with Crippen molar-refractivity contribution in [3.05, 3.63) is 11.3 Å². The van der Waals surface area contributed by atoms with Crippen LogP contribution in [0.2, 0.25) is 0 Å². The monoisotopic (exact) mass is 286 g/mol. The van der Waals surface area contributed by atoms with E-state index < -0.39 is 13.8 Å². The fourth-order valence-corrected chi connectivity index (χ4v) is 2.00. The predicted octanol–water partition coefficient (Wildman–Crippen LogP) is 2.83. The fourth-order valence-electron chi connectivity index (χ4n) is 0.773. The molecule has 0 radical (unpaired) electrons. The molecular formula is C9H16ClO6P. The molecule has 0 aromatic heterocycles. The quantitative estimate of drug-likeness (QED) is 0.296. The molecule has 0 aliphatic rings. The van der Waals surface area contributed by atoms with Crippen molar-refractivity contribution in [3.8, 4) is 0 Å². The van der Waals surface area contributed by atoms with E-state index in [4.69, 9.17) is 25.2 Å². The topological polar surface area (TPSA) is 71.1 Å². The van der Waals surface area contributed by atoms with Gasteiger partial charge < -0.3 is 9.26 Å². The molecule has 6 nitrogen and oxygen atoms in total. The second-order valence-corrected chi connectivity index (χ2v) is 4.60. The third-order valence-corrected chi connectivity index (χ3v) is 3.09. The summed E-state index contributed by atoms with van der Waals surface area (Å²) >= 11 is 5.55. The Hall–Kier alpha value is -0.550. The highest BCUT2D eigenvalue weighted by Crippen LogP contribution is 2.49. The molecule has 17 heavy (non-hydrogen) atoms. The molecule has 100 valence electrons. The Morgan fingerprint density at radius 2 is 1.71 bits per heavy atom. The lowest BCUT2D eigenvalue weighted by Gasteiger charge is -2.14. The van der Waals surface area contributed by atoms with Crippen molar-refractivity contribution < 1.29 is 27.7 Å². The Balaban J connectivity index is 4.52. The molecule has 0 aromatic rings. The van der Waals surface area contributed by atoms with Crippen LogP contribution >= 0.6 is 19.4 Å². The Morgan fingerprint density at radius 1 is 1.18 bits per heavy atom. The molecule has 0 amide bonds. The maximum atomic E-state index is 11.8. The normalized spacial score (nSPS) is 12.4. The first-order chi connectivity index (χ1) is 7.99. The summed E-state index contributed by atoms with van der Waals surface area (Å²) in [5.41, 5.74) is 0. The highest BCUT2D eigenvalue weighted by atomic mass is 35.5. The zero-order valence-electron chi connectivity index (χ0n) is 9.97. The van der Waals surface area contributed by atoms with Gasteiger partial charge in [0.1, 0.15) is 6.26 Å². The summed E-state index contributed by atoms with van der Waals surface area (Å²) in [5, 5.41) is -0.341. The molecule has 0 saturated carbocycles. The number of rotatable bonds is 8. The van der Waals surface area contributed by atoms with Gasteiger partial charge in [-0.05, 0) is 20.8 Å². The van der Waals surface area contributed by atoms with E-state index in [1.807, 2.05) is 0 Å². The van der Waals surface area contributed by atoms with Crippen LogP contribution in [0, 0.1) is 0 Å². The average molecular weight is 287 g/mol. The number of phosphoric ester groups is 1. The maximum absolute atomic E-state index is 11.8. The molecule has 0 atom stereocenters. The van der Waals surface area contributed by atoms with Gasteiger partial charge in [0.2, 0.25) is 0 Å². The molecule has 0 aromatic carbocycles. The second kappa shape index (κ2) is 8.53. The van der Waals surface area contributed by atoms with Gasteiger partial charge in [0, 0.05) is 0 Å². The van der Waals surface area contributed by atoms with Gasteiger partial charge >= 0.3 is 13.8 Å². The lowest BCUT2D eigenvalue weighted by Crippen LogP contribution is -2.04. The third kappa shape index (κ3) is 6.68. The molecule has 0 fully saturated rings. The van der Waals surface area contributed by atoms with Crippen LogP contribution in [0.4, 0.5) is 0 Å². The fraction of sp³-hybridized carbons (Fsp3) is 0.667.